The van der Waals surface area contributed by atoms with Crippen LogP contribution in [0.1, 0.15) is 55.9 Å². The highest BCUT2D eigenvalue weighted by Gasteiger charge is 2.50. The first-order chi connectivity index (χ1) is 14.2. The Morgan fingerprint density at radius 1 is 1.14 bits per heavy atom. The molecule has 3 fully saturated rings. The molecule has 0 spiro atoms. The first-order valence-electron chi connectivity index (χ1n) is 11.2. The van der Waals surface area contributed by atoms with E-state index in [9.17, 15) is 4.79 Å². The molecule has 6 heteroatoms. The maximum absolute atomic E-state index is 13.4. The number of aromatic amines is 1. The number of carbonyl (C=O) groups is 1. The Morgan fingerprint density at radius 2 is 1.93 bits per heavy atom. The minimum absolute atomic E-state index is 0.209. The largest absolute Gasteiger partial charge is 0.335 e. The third kappa shape index (κ3) is 3.59. The van der Waals surface area contributed by atoms with Gasteiger partial charge in [-0.05, 0) is 24.3 Å². The Morgan fingerprint density at radius 3 is 2.66 bits per heavy atom. The maximum atomic E-state index is 13.4. The Hall–Kier alpha value is -2.21. The molecule has 1 amide bonds. The normalized spacial score (nSPS) is 27.6. The molecule has 0 unspecified atom stereocenters. The lowest BCUT2D eigenvalue weighted by Gasteiger charge is -2.31. The van der Waals surface area contributed by atoms with E-state index in [4.69, 9.17) is 0 Å². The molecule has 6 nitrogen and oxygen atoms in total. The van der Waals surface area contributed by atoms with E-state index in [1.54, 1.807) is 0 Å². The number of aromatic nitrogens is 3. The lowest BCUT2D eigenvalue weighted by atomic mass is 9.89. The van der Waals surface area contributed by atoms with Gasteiger partial charge in [-0.25, -0.2) is 4.98 Å². The minimum Gasteiger partial charge on any atom is -0.335 e. The second-order valence-electron chi connectivity index (χ2n) is 9.00. The summed E-state index contributed by atoms with van der Waals surface area (Å²) in [5, 5.41) is 7.36. The van der Waals surface area contributed by atoms with Crippen LogP contribution < -0.4 is 0 Å². The van der Waals surface area contributed by atoms with E-state index < -0.39 is 0 Å². The Bertz CT molecular complexity index is 844. The second-order valence-corrected chi connectivity index (χ2v) is 9.00. The average molecular weight is 394 g/mol. The summed E-state index contributed by atoms with van der Waals surface area (Å²) in [7, 11) is 0. The minimum atomic E-state index is 0.209. The van der Waals surface area contributed by atoms with Crippen LogP contribution in [-0.2, 0) is 17.8 Å². The van der Waals surface area contributed by atoms with Crippen molar-refractivity contribution in [2.45, 2.75) is 51.6 Å². The predicted octanol–water partition coefficient (Wildman–Crippen LogP) is 3.19. The smallest absolute Gasteiger partial charge is 0.226 e. The molecule has 0 radical (unpaired) electrons. The molecule has 29 heavy (non-hydrogen) atoms. The fraction of sp³-hybridized carbons (Fsp3) is 0.609. The SMILES string of the molecule is CCc1n[nH]c(CN2C[C@H]3CN(C(=O)C4CCCC4)[C@@H](c4ccccc4)[C@H]3C2)n1. The molecule has 3 aliphatic rings. The van der Waals surface area contributed by atoms with E-state index in [0.717, 1.165) is 57.1 Å². The number of nitrogens with one attached hydrogen (secondary N) is 1. The molecule has 1 aromatic carbocycles. The number of H-pyrrole nitrogens is 1. The van der Waals surface area contributed by atoms with Crippen molar-refractivity contribution in [2.75, 3.05) is 19.6 Å². The first kappa shape index (κ1) is 18.8. The summed E-state index contributed by atoms with van der Waals surface area (Å²) in [6, 6.07) is 10.9. The van der Waals surface area contributed by atoms with Gasteiger partial charge in [0.05, 0.1) is 12.6 Å². The number of aryl methyl sites for hydroxylation is 1. The number of nitrogens with zero attached hydrogens (tertiary/aromatic N) is 4. The molecule has 2 saturated heterocycles. The fourth-order valence-corrected chi connectivity index (χ4v) is 5.75. The number of hydrogen-bond donors (Lipinski definition) is 1. The molecule has 1 aromatic heterocycles. The molecule has 154 valence electrons. The topological polar surface area (TPSA) is 65.1 Å². The summed E-state index contributed by atoms with van der Waals surface area (Å²) in [6.45, 7) is 5.84. The van der Waals surface area contributed by atoms with Crippen LogP contribution in [0.15, 0.2) is 30.3 Å². The van der Waals surface area contributed by atoms with Crippen LogP contribution in [0.3, 0.4) is 0 Å². The number of likely N-dealkylation sites (tertiary alicyclic amines) is 2. The van der Waals surface area contributed by atoms with E-state index in [1.165, 1.54) is 18.4 Å². The van der Waals surface area contributed by atoms with Gasteiger partial charge in [-0.15, -0.1) is 0 Å². The monoisotopic (exact) mass is 393 g/mol. The first-order valence-corrected chi connectivity index (χ1v) is 11.2. The van der Waals surface area contributed by atoms with Gasteiger partial charge >= 0.3 is 0 Å². The standard InChI is InChI=1S/C23H31N5O/c1-2-20-24-21(26-25-20)15-27-12-18-13-28(23(29)17-10-6-7-11-17)22(19(18)14-27)16-8-4-3-5-9-16/h3-5,8-9,17-19,22H,2,6-7,10-15H2,1H3,(H,24,25,26)/t18-,19-,22-/m0/s1. The van der Waals surface area contributed by atoms with Crippen LogP contribution in [0.25, 0.3) is 0 Å². The van der Waals surface area contributed by atoms with E-state index in [2.05, 4.69) is 62.2 Å². The lowest BCUT2D eigenvalue weighted by Crippen LogP contribution is -2.38. The predicted molar refractivity (Wildman–Crippen MR) is 111 cm³/mol. The quantitative estimate of drug-likeness (QED) is 0.847. The van der Waals surface area contributed by atoms with Crippen molar-refractivity contribution in [3.05, 3.63) is 47.5 Å². The van der Waals surface area contributed by atoms with Crippen molar-refractivity contribution in [3.8, 4) is 0 Å². The van der Waals surface area contributed by atoms with Gasteiger partial charge in [0.2, 0.25) is 5.91 Å². The van der Waals surface area contributed by atoms with Crippen LogP contribution in [-0.4, -0.2) is 50.5 Å². The maximum Gasteiger partial charge on any atom is 0.226 e. The third-order valence-corrected chi connectivity index (χ3v) is 7.14. The Balaban J connectivity index is 1.35. The molecule has 3 heterocycles. The number of rotatable bonds is 5. The highest BCUT2D eigenvalue weighted by Crippen LogP contribution is 2.46. The molecule has 1 N–H and O–H groups in total. The third-order valence-electron chi connectivity index (χ3n) is 7.14. The van der Waals surface area contributed by atoms with Crippen molar-refractivity contribution >= 4 is 5.91 Å². The van der Waals surface area contributed by atoms with Crippen LogP contribution in [0, 0.1) is 17.8 Å². The molecule has 2 aromatic rings. The summed E-state index contributed by atoms with van der Waals surface area (Å²) < 4.78 is 0. The number of carbonyl (C=O) groups excluding carboxylic acids is 1. The molecule has 3 atom stereocenters. The van der Waals surface area contributed by atoms with E-state index in [1.807, 2.05) is 0 Å². The van der Waals surface area contributed by atoms with Gasteiger partial charge in [-0.2, -0.15) is 5.10 Å². The highest BCUT2D eigenvalue weighted by atomic mass is 16.2. The Kier molecular flexibility index (Phi) is 5.12. The number of fused-ring (bicyclic) bond motifs is 1. The van der Waals surface area contributed by atoms with Gasteiger partial charge in [-0.3, -0.25) is 14.8 Å². The molecular weight excluding hydrogens is 362 g/mol. The van der Waals surface area contributed by atoms with Crippen molar-refractivity contribution in [3.63, 3.8) is 0 Å². The summed E-state index contributed by atoms with van der Waals surface area (Å²) in [6.07, 6.45) is 5.42. The lowest BCUT2D eigenvalue weighted by molar-refractivity contribution is -0.137. The average Bonchev–Trinajstić information content (AvgIpc) is 3.52. The van der Waals surface area contributed by atoms with Crippen LogP contribution >= 0.6 is 0 Å². The van der Waals surface area contributed by atoms with Gasteiger partial charge in [0, 0.05) is 37.9 Å². The van der Waals surface area contributed by atoms with Gasteiger partial charge in [0.1, 0.15) is 11.6 Å². The van der Waals surface area contributed by atoms with E-state index in [0.29, 0.717) is 17.7 Å². The molecule has 1 aliphatic carbocycles. The van der Waals surface area contributed by atoms with E-state index >= 15 is 0 Å². The van der Waals surface area contributed by atoms with Crippen molar-refractivity contribution < 1.29 is 4.79 Å². The summed E-state index contributed by atoms with van der Waals surface area (Å²) >= 11 is 0. The highest BCUT2D eigenvalue weighted by molar-refractivity contribution is 5.80. The van der Waals surface area contributed by atoms with Crippen molar-refractivity contribution in [2.24, 2.45) is 17.8 Å². The van der Waals surface area contributed by atoms with Crippen molar-refractivity contribution in [1.29, 1.82) is 0 Å². The van der Waals surface area contributed by atoms with Crippen LogP contribution in [0.5, 0.6) is 0 Å². The molecule has 5 rings (SSSR count). The number of amides is 1. The fourth-order valence-electron chi connectivity index (χ4n) is 5.75. The molecule has 1 saturated carbocycles. The van der Waals surface area contributed by atoms with E-state index in [-0.39, 0.29) is 12.0 Å². The number of hydrogen-bond acceptors (Lipinski definition) is 4. The molecule has 2 aliphatic heterocycles. The van der Waals surface area contributed by atoms with Crippen LogP contribution in [0.2, 0.25) is 0 Å². The zero-order valence-electron chi connectivity index (χ0n) is 17.3. The Labute approximate surface area is 172 Å². The summed E-state index contributed by atoms with van der Waals surface area (Å²) in [5.74, 6) is 3.53. The van der Waals surface area contributed by atoms with Crippen LogP contribution in [0.4, 0.5) is 0 Å². The zero-order valence-corrected chi connectivity index (χ0v) is 17.3. The summed E-state index contributed by atoms with van der Waals surface area (Å²) in [4.78, 5) is 22.7. The van der Waals surface area contributed by atoms with Crippen molar-refractivity contribution in [1.82, 2.24) is 25.0 Å². The van der Waals surface area contributed by atoms with Gasteiger partial charge < -0.3 is 4.90 Å². The molecular formula is C23H31N5O. The summed E-state index contributed by atoms with van der Waals surface area (Å²) in [5.41, 5.74) is 1.29. The second kappa shape index (κ2) is 7.90. The van der Waals surface area contributed by atoms with Gasteiger partial charge in [0.25, 0.3) is 0 Å². The van der Waals surface area contributed by atoms with Gasteiger partial charge in [0.15, 0.2) is 0 Å². The zero-order chi connectivity index (χ0) is 19.8. The van der Waals surface area contributed by atoms with Gasteiger partial charge in [-0.1, -0.05) is 50.1 Å². The number of benzene rings is 1. The molecule has 0 bridgehead atoms.